The minimum atomic E-state index is -0.618. The maximum Gasteiger partial charge on any atom is 0.262 e. The highest BCUT2D eigenvalue weighted by atomic mass is 32.1. The second kappa shape index (κ2) is 8.67. The zero-order valence-corrected chi connectivity index (χ0v) is 16.6. The highest BCUT2D eigenvalue weighted by molar-refractivity contribution is 7.12. The Bertz CT molecular complexity index is 759. The molecule has 0 radical (unpaired) electrons. The van der Waals surface area contributed by atoms with Gasteiger partial charge in [-0.25, -0.2) is 0 Å². The van der Waals surface area contributed by atoms with E-state index in [2.05, 4.69) is 10.6 Å². The first-order chi connectivity index (χ1) is 12.9. The molecule has 0 spiro atoms. The summed E-state index contributed by atoms with van der Waals surface area (Å²) in [5.74, 6) is -0.361. The monoisotopic (exact) mass is 386 g/mol. The van der Waals surface area contributed by atoms with Crippen molar-refractivity contribution in [1.29, 1.82) is 0 Å². The summed E-state index contributed by atoms with van der Waals surface area (Å²) in [6.07, 6.45) is 2.00. The summed E-state index contributed by atoms with van der Waals surface area (Å²) < 4.78 is 5.73. The van der Waals surface area contributed by atoms with Crippen LogP contribution < -0.4 is 10.6 Å². The van der Waals surface area contributed by atoms with Gasteiger partial charge in [-0.1, -0.05) is 36.4 Å². The summed E-state index contributed by atoms with van der Waals surface area (Å²) in [6, 6.07) is 12.8. The maximum absolute atomic E-state index is 13.0. The molecule has 2 aromatic rings. The van der Waals surface area contributed by atoms with Crippen LogP contribution in [-0.4, -0.2) is 36.1 Å². The summed E-state index contributed by atoms with van der Waals surface area (Å²) in [4.78, 5) is 26.1. The molecule has 1 aromatic carbocycles. The van der Waals surface area contributed by atoms with Gasteiger partial charge in [-0.2, -0.15) is 0 Å². The third-order valence-corrected chi connectivity index (χ3v) is 5.56. The highest BCUT2D eigenvalue weighted by Crippen LogP contribution is 2.24. The first kappa shape index (κ1) is 19.6. The molecule has 5 nitrogen and oxygen atoms in total. The summed E-state index contributed by atoms with van der Waals surface area (Å²) in [7, 11) is 0. The Morgan fingerprint density at radius 3 is 2.67 bits per heavy atom. The molecule has 1 saturated heterocycles. The van der Waals surface area contributed by atoms with Crippen LogP contribution in [-0.2, 0) is 16.0 Å². The standard InChI is InChI=1S/C21H26N2O3S/c1-21(2)14-16(10-11-26-21)22-19(24)17(13-15-7-4-3-5-8-15)23-20(25)18-9-6-12-27-18/h3-9,12,16-17H,10-11,13-14H2,1-2H3,(H,22,24)(H,23,25)/t16-,17-/m0/s1. The van der Waals surface area contributed by atoms with Gasteiger partial charge in [0.1, 0.15) is 6.04 Å². The van der Waals surface area contributed by atoms with Crippen molar-refractivity contribution >= 4 is 23.2 Å². The van der Waals surface area contributed by atoms with Crippen molar-refractivity contribution in [3.05, 3.63) is 58.3 Å². The van der Waals surface area contributed by atoms with Crippen LogP contribution in [0.1, 0.15) is 41.9 Å². The Morgan fingerprint density at radius 2 is 2.00 bits per heavy atom. The third-order valence-electron chi connectivity index (χ3n) is 4.69. The van der Waals surface area contributed by atoms with E-state index in [9.17, 15) is 9.59 Å². The normalized spacial score (nSPS) is 19.9. The van der Waals surface area contributed by atoms with Crippen LogP contribution in [0, 0.1) is 0 Å². The number of rotatable bonds is 6. The van der Waals surface area contributed by atoms with E-state index in [0.717, 1.165) is 18.4 Å². The molecule has 1 aromatic heterocycles. The fraction of sp³-hybridized carbons (Fsp3) is 0.429. The molecule has 3 rings (SSSR count). The molecule has 1 fully saturated rings. The Labute approximate surface area is 164 Å². The van der Waals surface area contributed by atoms with Gasteiger partial charge in [-0.15, -0.1) is 11.3 Å². The lowest BCUT2D eigenvalue weighted by Gasteiger charge is -2.36. The van der Waals surface area contributed by atoms with Gasteiger partial charge in [0.2, 0.25) is 5.91 Å². The lowest BCUT2D eigenvalue weighted by Crippen LogP contribution is -2.53. The van der Waals surface area contributed by atoms with Crippen molar-refractivity contribution in [3.8, 4) is 0 Å². The smallest absolute Gasteiger partial charge is 0.262 e. The van der Waals surface area contributed by atoms with Crippen LogP contribution >= 0.6 is 11.3 Å². The molecule has 2 atom stereocenters. The molecule has 27 heavy (non-hydrogen) atoms. The fourth-order valence-corrected chi connectivity index (χ4v) is 3.98. The van der Waals surface area contributed by atoms with Gasteiger partial charge in [-0.05, 0) is 43.7 Å². The average Bonchev–Trinajstić information content (AvgIpc) is 3.16. The lowest BCUT2D eigenvalue weighted by atomic mass is 9.93. The van der Waals surface area contributed by atoms with Crippen molar-refractivity contribution in [2.24, 2.45) is 0 Å². The van der Waals surface area contributed by atoms with Gasteiger partial charge in [-0.3, -0.25) is 9.59 Å². The van der Waals surface area contributed by atoms with Crippen LogP contribution in [0.2, 0.25) is 0 Å². The summed E-state index contributed by atoms with van der Waals surface area (Å²) in [6.45, 7) is 4.69. The first-order valence-corrected chi connectivity index (χ1v) is 10.1. The molecular weight excluding hydrogens is 360 g/mol. The van der Waals surface area contributed by atoms with Gasteiger partial charge >= 0.3 is 0 Å². The fourth-order valence-electron chi connectivity index (χ4n) is 3.35. The zero-order chi connectivity index (χ0) is 19.3. The third kappa shape index (κ3) is 5.65. The summed E-state index contributed by atoms with van der Waals surface area (Å²) in [5.41, 5.74) is 0.766. The van der Waals surface area contributed by atoms with E-state index in [4.69, 9.17) is 4.74 Å². The quantitative estimate of drug-likeness (QED) is 0.801. The van der Waals surface area contributed by atoms with Crippen molar-refractivity contribution in [2.75, 3.05) is 6.61 Å². The van der Waals surface area contributed by atoms with Gasteiger partial charge < -0.3 is 15.4 Å². The topological polar surface area (TPSA) is 67.4 Å². The summed E-state index contributed by atoms with van der Waals surface area (Å²) in [5, 5.41) is 7.87. The minimum absolute atomic E-state index is 0.0539. The van der Waals surface area contributed by atoms with Crippen molar-refractivity contribution in [2.45, 2.75) is 50.8 Å². The molecule has 2 amide bonds. The van der Waals surface area contributed by atoms with Gasteiger partial charge in [0.25, 0.3) is 5.91 Å². The number of nitrogens with one attached hydrogen (secondary N) is 2. The molecule has 0 saturated carbocycles. The predicted octanol–water partition coefficient (Wildman–Crippen LogP) is 3.16. The number of carbonyl (C=O) groups excluding carboxylic acids is 2. The Hall–Kier alpha value is -2.18. The number of carbonyl (C=O) groups is 2. The van der Waals surface area contributed by atoms with Gasteiger partial charge in [0, 0.05) is 19.1 Å². The second-order valence-electron chi connectivity index (χ2n) is 7.50. The molecule has 1 aliphatic rings. The molecule has 144 valence electrons. The molecule has 2 heterocycles. The van der Waals surface area contributed by atoms with Crippen molar-refractivity contribution in [3.63, 3.8) is 0 Å². The van der Waals surface area contributed by atoms with E-state index in [1.165, 1.54) is 11.3 Å². The van der Waals surface area contributed by atoms with Crippen LogP contribution in [0.3, 0.4) is 0 Å². The van der Waals surface area contributed by atoms with Crippen LogP contribution in [0.4, 0.5) is 0 Å². The van der Waals surface area contributed by atoms with E-state index < -0.39 is 6.04 Å². The predicted molar refractivity (Wildman–Crippen MR) is 107 cm³/mol. The largest absolute Gasteiger partial charge is 0.375 e. The SMILES string of the molecule is CC1(C)C[C@@H](NC(=O)[C@H](Cc2ccccc2)NC(=O)c2cccs2)CCO1. The number of amides is 2. The van der Waals surface area contributed by atoms with Gasteiger partial charge in [0.15, 0.2) is 0 Å². The molecule has 0 aliphatic carbocycles. The molecular formula is C21H26N2O3S. The van der Waals surface area contributed by atoms with E-state index in [1.54, 1.807) is 6.07 Å². The maximum atomic E-state index is 13.0. The van der Waals surface area contributed by atoms with Crippen molar-refractivity contribution < 1.29 is 14.3 Å². The Morgan fingerprint density at radius 1 is 1.22 bits per heavy atom. The van der Waals surface area contributed by atoms with E-state index >= 15 is 0 Å². The average molecular weight is 387 g/mol. The highest BCUT2D eigenvalue weighted by Gasteiger charge is 2.31. The Kier molecular flexibility index (Phi) is 6.29. The van der Waals surface area contributed by atoms with Crippen LogP contribution in [0.5, 0.6) is 0 Å². The van der Waals surface area contributed by atoms with Gasteiger partial charge in [0.05, 0.1) is 10.5 Å². The van der Waals surface area contributed by atoms with E-state index in [1.807, 2.05) is 55.6 Å². The molecule has 0 bridgehead atoms. The second-order valence-corrected chi connectivity index (χ2v) is 8.45. The number of hydrogen-bond acceptors (Lipinski definition) is 4. The summed E-state index contributed by atoms with van der Waals surface area (Å²) >= 11 is 1.37. The van der Waals surface area contributed by atoms with Crippen LogP contribution in [0.15, 0.2) is 47.8 Å². The lowest BCUT2D eigenvalue weighted by molar-refractivity contribution is -0.126. The minimum Gasteiger partial charge on any atom is -0.375 e. The van der Waals surface area contributed by atoms with E-state index in [-0.39, 0.29) is 23.5 Å². The Balaban J connectivity index is 1.70. The number of thiophene rings is 1. The number of hydrogen-bond donors (Lipinski definition) is 2. The molecule has 0 unspecified atom stereocenters. The molecule has 1 aliphatic heterocycles. The number of ether oxygens (including phenoxy) is 1. The molecule has 2 N–H and O–H groups in total. The van der Waals surface area contributed by atoms with E-state index in [0.29, 0.717) is 17.9 Å². The van der Waals surface area contributed by atoms with Crippen molar-refractivity contribution in [1.82, 2.24) is 10.6 Å². The molecule has 6 heteroatoms. The first-order valence-electron chi connectivity index (χ1n) is 9.25. The van der Waals surface area contributed by atoms with Crippen LogP contribution in [0.25, 0.3) is 0 Å². The zero-order valence-electron chi connectivity index (χ0n) is 15.7. The number of benzene rings is 1.